The maximum Gasteiger partial charge on any atom is 0.269 e. The molecule has 128 valence electrons. The van der Waals surface area contributed by atoms with Gasteiger partial charge in [-0.1, -0.05) is 6.07 Å². The number of rotatable bonds is 2. The van der Waals surface area contributed by atoms with Gasteiger partial charge in [-0.3, -0.25) is 20.4 Å². The molecule has 0 saturated heterocycles. The molecule has 0 heterocycles. The summed E-state index contributed by atoms with van der Waals surface area (Å²) in [5.41, 5.74) is 4.92. The van der Waals surface area contributed by atoms with E-state index in [9.17, 15) is 14.7 Å². The second kappa shape index (κ2) is 5.38. The largest absolute Gasteiger partial charge is 0.508 e. The van der Waals surface area contributed by atoms with Crippen LogP contribution >= 0.6 is 11.6 Å². The summed E-state index contributed by atoms with van der Waals surface area (Å²) in [6.45, 7) is 0. The molecule has 4 bridgehead atoms. The van der Waals surface area contributed by atoms with Crippen LogP contribution in [0.2, 0.25) is 0 Å². The van der Waals surface area contributed by atoms with Crippen LogP contribution in [0.4, 0.5) is 0 Å². The van der Waals surface area contributed by atoms with Crippen LogP contribution < -0.4 is 10.9 Å². The lowest BCUT2D eigenvalue weighted by molar-refractivity contribution is -0.145. The second-order valence-corrected chi connectivity index (χ2v) is 8.65. The van der Waals surface area contributed by atoms with Crippen molar-refractivity contribution in [3.05, 3.63) is 29.8 Å². The molecular formula is C18H21ClN2O3. The molecule has 0 radical (unpaired) electrons. The lowest BCUT2D eigenvalue weighted by Gasteiger charge is -2.59. The number of benzene rings is 1. The molecule has 0 spiro atoms. The van der Waals surface area contributed by atoms with Crippen molar-refractivity contribution in [2.24, 2.45) is 17.3 Å². The maximum atomic E-state index is 12.8. The zero-order valence-electron chi connectivity index (χ0n) is 13.3. The molecule has 0 aromatic heterocycles. The molecule has 0 aliphatic heterocycles. The van der Waals surface area contributed by atoms with Crippen LogP contribution in [0.15, 0.2) is 24.3 Å². The fourth-order valence-corrected chi connectivity index (χ4v) is 6.07. The van der Waals surface area contributed by atoms with Gasteiger partial charge in [0.25, 0.3) is 5.91 Å². The van der Waals surface area contributed by atoms with Gasteiger partial charge >= 0.3 is 0 Å². The fourth-order valence-electron chi connectivity index (χ4n) is 5.38. The van der Waals surface area contributed by atoms with Crippen LogP contribution in [0, 0.1) is 17.3 Å². The molecule has 2 amide bonds. The lowest BCUT2D eigenvalue weighted by atomic mass is 9.49. The van der Waals surface area contributed by atoms with Crippen molar-refractivity contribution in [3.8, 4) is 5.75 Å². The number of phenolic OH excluding ortho intramolecular Hbond substituents is 1. The molecule has 1 aromatic rings. The van der Waals surface area contributed by atoms with E-state index in [1.54, 1.807) is 12.1 Å². The van der Waals surface area contributed by atoms with E-state index in [-0.39, 0.29) is 16.5 Å². The molecule has 4 fully saturated rings. The van der Waals surface area contributed by atoms with Crippen molar-refractivity contribution >= 4 is 23.4 Å². The van der Waals surface area contributed by atoms with Crippen molar-refractivity contribution in [2.75, 3.05) is 0 Å². The number of hydrazine groups is 1. The van der Waals surface area contributed by atoms with Crippen molar-refractivity contribution in [2.45, 2.75) is 43.4 Å². The first kappa shape index (κ1) is 15.8. The van der Waals surface area contributed by atoms with Crippen LogP contribution in [-0.4, -0.2) is 21.8 Å². The first-order chi connectivity index (χ1) is 11.4. The number of halogens is 1. The summed E-state index contributed by atoms with van der Waals surface area (Å²) in [7, 11) is 0. The number of aromatic hydroxyl groups is 1. The number of carbonyl (C=O) groups is 2. The zero-order valence-corrected chi connectivity index (χ0v) is 14.1. The minimum atomic E-state index is -0.446. The molecule has 5 nitrogen and oxygen atoms in total. The molecule has 1 aromatic carbocycles. The topological polar surface area (TPSA) is 78.4 Å². The monoisotopic (exact) mass is 348 g/mol. The fraction of sp³-hybridized carbons (Fsp3) is 0.556. The summed E-state index contributed by atoms with van der Waals surface area (Å²) in [5.74, 6) is 0.492. The molecule has 4 aliphatic rings. The molecule has 3 N–H and O–H groups in total. The molecule has 5 rings (SSSR count). The average molecular weight is 349 g/mol. The molecule has 2 unspecified atom stereocenters. The second-order valence-electron chi connectivity index (χ2n) is 7.85. The number of hydrogen-bond donors (Lipinski definition) is 3. The lowest BCUT2D eigenvalue weighted by Crippen LogP contribution is -2.60. The minimum absolute atomic E-state index is 0.0131. The summed E-state index contributed by atoms with van der Waals surface area (Å²) < 4.78 is 0. The maximum absolute atomic E-state index is 12.8. The van der Waals surface area contributed by atoms with Gasteiger partial charge in [0.2, 0.25) is 5.91 Å². The van der Waals surface area contributed by atoms with Gasteiger partial charge in [0, 0.05) is 10.4 Å². The van der Waals surface area contributed by atoms with Gasteiger partial charge in [0.05, 0.1) is 5.41 Å². The summed E-state index contributed by atoms with van der Waals surface area (Å²) in [6.07, 6.45) is 5.63. The Balaban J connectivity index is 1.44. The third kappa shape index (κ3) is 2.65. The number of alkyl halides is 1. The highest BCUT2D eigenvalue weighted by atomic mass is 35.5. The van der Waals surface area contributed by atoms with Crippen LogP contribution in [0.25, 0.3) is 0 Å². The van der Waals surface area contributed by atoms with E-state index in [1.807, 2.05) is 0 Å². The number of amides is 2. The Hall–Kier alpha value is -1.75. The van der Waals surface area contributed by atoms with E-state index in [2.05, 4.69) is 10.9 Å². The van der Waals surface area contributed by atoms with Gasteiger partial charge in [0.15, 0.2) is 0 Å². The number of hydrogen-bond acceptors (Lipinski definition) is 3. The smallest absolute Gasteiger partial charge is 0.269 e. The molecular weight excluding hydrogens is 328 g/mol. The van der Waals surface area contributed by atoms with Crippen LogP contribution in [-0.2, 0) is 4.79 Å². The highest BCUT2D eigenvalue weighted by Crippen LogP contribution is 2.63. The van der Waals surface area contributed by atoms with Crippen molar-refractivity contribution in [1.29, 1.82) is 0 Å². The summed E-state index contributed by atoms with van der Waals surface area (Å²) in [5, 5.41) is 9.44. The Kier molecular flexibility index (Phi) is 3.53. The molecule has 6 heteroatoms. The van der Waals surface area contributed by atoms with Gasteiger partial charge in [-0.05, 0) is 68.6 Å². The minimum Gasteiger partial charge on any atom is -0.508 e. The Labute approximate surface area is 145 Å². The highest BCUT2D eigenvalue weighted by Gasteiger charge is 2.60. The van der Waals surface area contributed by atoms with Gasteiger partial charge in [-0.25, -0.2) is 0 Å². The standard InChI is InChI=1S/C18H21ClN2O3/c19-18-8-11-4-12(9-18)7-17(6-11,10-18)16(24)21-20-15(23)13-2-1-3-14(22)5-13/h1-3,5,11-12,22H,4,6-10H2,(H,20,23)(H,21,24)/t11-,12+,17?,18?. The summed E-state index contributed by atoms with van der Waals surface area (Å²) in [4.78, 5) is 24.7. The summed E-state index contributed by atoms with van der Waals surface area (Å²) in [6, 6.07) is 6.02. The van der Waals surface area contributed by atoms with Crippen molar-refractivity contribution < 1.29 is 14.7 Å². The third-order valence-corrected chi connectivity index (χ3v) is 6.31. The zero-order chi connectivity index (χ0) is 16.9. The van der Waals surface area contributed by atoms with E-state index in [1.165, 1.54) is 18.6 Å². The quantitative estimate of drug-likeness (QED) is 0.568. The van der Waals surface area contributed by atoms with Gasteiger partial charge in [-0.2, -0.15) is 0 Å². The predicted molar refractivity (Wildman–Crippen MR) is 89.4 cm³/mol. The molecule has 24 heavy (non-hydrogen) atoms. The molecule has 4 aliphatic carbocycles. The number of nitrogens with one attached hydrogen (secondary N) is 2. The number of carbonyl (C=O) groups excluding carboxylic acids is 2. The molecule has 4 atom stereocenters. The summed E-state index contributed by atoms with van der Waals surface area (Å²) >= 11 is 6.75. The van der Waals surface area contributed by atoms with E-state index in [0.717, 1.165) is 25.7 Å². The van der Waals surface area contributed by atoms with Gasteiger partial charge in [0.1, 0.15) is 5.75 Å². The average Bonchev–Trinajstić information content (AvgIpc) is 2.49. The highest BCUT2D eigenvalue weighted by molar-refractivity contribution is 6.24. The Morgan fingerprint density at radius 1 is 1.12 bits per heavy atom. The molecule has 4 saturated carbocycles. The van der Waals surface area contributed by atoms with Crippen LogP contribution in [0.1, 0.15) is 48.9 Å². The Morgan fingerprint density at radius 2 is 1.83 bits per heavy atom. The van der Waals surface area contributed by atoms with E-state index in [4.69, 9.17) is 11.6 Å². The van der Waals surface area contributed by atoms with Gasteiger partial charge in [-0.15, -0.1) is 11.6 Å². The van der Waals surface area contributed by atoms with E-state index < -0.39 is 11.3 Å². The van der Waals surface area contributed by atoms with Crippen molar-refractivity contribution in [3.63, 3.8) is 0 Å². The Bertz CT molecular complexity index is 691. The first-order valence-corrected chi connectivity index (χ1v) is 8.84. The Morgan fingerprint density at radius 3 is 2.46 bits per heavy atom. The predicted octanol–water partition coefficient (Wildman–Crippen LogP) is 2.73. The normalized spacial score (nSPS) is 36.4. The SMILES string of the molecule is O=C(NNC(=O)C12C[C@@H]3C[C@@H](CC(Cl)(C3)C1)C2)c1cccc(O)c1. The van der Waals surface area contributed by atoms with E-state index in [0.29, 0.717) is 23.8 Å². The van der Waals surface area contributed by atoms with Crippen molar-refractivity contribution in [1.82, 2.24) is 10.9 Å². The number of phenols is 1. The first-order valence-electron chi connectivity index (χ1n) is 8.46. The van der Waals surface area contributed by atoms with Gasteiger partial charge < -0.3 is 5.11 Å². The van der Waals surface area contributed by atoms with Crippen LogP contribution in [0.3, 0.4) is 0 Å². The van der Waals surface area contributed by atoms with E-state index >= 15 is 0 Å². The van der Waals surface area contributed by atoms with Crippen LogP contribution in [0.5, 0.6) is 5.75 Å². The third-order valence-electron chi connectivity index (χ3n) is 5.87.